The average molecular weight is 1010 g/mol. The molecule has 0 saturated heterocycles. The Kier molecular flexibility index (Phi) is 33.5. The lowest BCUT2D eigenvalue weighted by Crippen LogP contribution is -2.55. The molecule has 0 aliphatic heterocycles. The summed E-state index contributed by atoms with van der Waals surface area (Å²) in [6.45, 7) is 17.2. The van der Waals surface area contributed by atoms with Crippen LogP contribution in [0.15, 0.2) is 0 Å². The van der Waals surface area contributed by atoms with Gasteiger partial charge in [-0.1, -0.05) is 248 Å². The first kappa shape index (κ1) is 64.2. The summed E-state index contributed by atoms with van der Waals surface area (Å²) in [5.41, 5.74) is -0.753. The van der Waals surface area contributed by atoms with Crippen molar-refractivity contribution in [2.45, 2.75) is 349 Å². The van der Waals surface area contributed by atoms with Crippen LogP contribution in [-0.4, -0.2) is 47.8 Å². The van der Waals surface area contributed by atoms with Crippen LogP contribution in [0.3, 0.4) is 0 Å². The Hall–Kier alpha value is -2.12. The fourth-order valence-electron chi connectivity index (χ4n) is 13.1. The number of unbranched alkanes of at least 4 members (excludes halogenated alkanes) is 18. The summed E-state index contributed by atoms with van der Waals surface area (Å²) in [4.78, 5) is 53.1. The number of hydrogen-bond acceptors (Lipinski definition) is 4. The number of carbonyl (C=O) groups excluding carboxylic acids is 4. The Balaban J connectivity index is 1.52. The SMILES string of the molecule is CCCCCCCCC1CC(CCCCCCC(=O)N[C@H]2CCCC[C@H]2NC(=O)C(C)(C)CCCC)C(CCCCCCC(=O)N[C@@H]2CCCC[C@@H]2NC(=O)C(C)(C)CCCC)CC1CCCCCCCC. The van der Waals surface area contributed by atoms with Gasteiger partial charge in [-0.15, -0.1) is 0 Å². The van der Waals surface area contributed by atoms with E-state index in [4.69, 9.17) is 0 Å². The largest absolute Gasteiger partial charge is 0.351 e. The van der Waals surface area contributed by atoms with Gasteiger partial charge < -0.3 is 21.3 Å². The third kappa shape index (κ3) is 26.1. The van der Waals surface area contributed by atoms with E-state index in [1.165, 1.54) is 141 Å². The minimum atomic E-state index is -0.376. The van der Waals surface area contributed by atoms with Gasteiger partial charge in [0.1, 0.15) is 0 Å². The number of hydrogen-bond donors (Lipinski definition) is 4. The minimum absolute atomic E-state index is 0.0382. The summed E-state index contributed by atoms with van der Waals surface area (Å²) < 4.78 is 0. The Labute approximate surface area is 446 Å². The molecule has 72 heavy (non-hydrogen) atoms. The van der Waals surface area contributed by atoms with Crippen molar-refractivity contribution >= 4 is 23.6 Å². The second kappa shape index (κ2) is 37.6. The molecule has 3 rings (SSSR count). The second-order valence-electron chi connectivity index (χ2n) is 25.6. The van der Waals surface area contributed by atoms with Crippen molar-refractivity contribution < 1.29 is 19.2 Å². The maximum atomic E-state index is 13.3. The first-order valence-electron chi connectivity index (χ1n) is 31.9. The Morgan fingerprint density at radius 3 is 0.917 bits per heavy atom. The van der Waals surface area contributed by atoms with Gasteiger partial charge in [-0.05, 0) is 87.9 Å². The smallest absolute Gasteiger partial charge is 0.225 e. The Bertz CT molecular complexity index is 1340. The van der Waals surface area contributed by atoms with Crippen LogP contribution in [0, 0.1) is 34.5 Å². The van der Waals surface area contributed by atoms with Crippen LogP contribution < -0.4 is 21.3 Å². The van der Waals surface area contributed by atoms with Crippen LogP contribution in [0.4, 0.5) is 0 Å². The van der Waals surface area contributed by atoms with E-state index >= 15 is 0 Å². The van der Waals surface area contributed by atoms with Crippen molar-refractivity contribution in [1.29, 1.82) is 0 Å². The standard InChI is InChI=1S/C64H120N4O4/c1-9-13-17-19-21-27-37-51-49-53(39-29-23-25-31-45-59(69)65-55-41-33-35-43-57(55)67-61(71)63(5,6)47-15-11-3)54(50-52(51)38-28-22-20-18-14-10-2)40-30-24-26-32-46-60(70)66-56-42-34-36-44-58(56)68-62(72)64(7,8)48-16-12-4/h51-58H,9-50H2,1-8H3,(H,65,69)(H,66,70)(H,67,71)(H,68,72)/t51?,52?,53?,54?,55-,56+,57+,58-. The van der Waals surface area contributed by atoms with Gasteiger partial charge in [0.25, 0.3) is 0 Å². The summed E-state index contributed by atoms with van der Waals surface area (Å²) in [6, 6.07) is 0.165. The molecule has 0 heterocycles. The highest BCUT2D eigenvalue weighted by atomic mass is 16.2. The van der Waals surface area contributed by atoms with Gasteiger partial charge in [0.15, 0.2) is 0 Å². The molecule has 0 bridgehead atoms. The van der Waals surface area contributed by atoms with Crippen LogP contribution >= 0.6 is 0 Å². The molecule has 4 unspecified atom stereocenters. The molecule has 3 aliphatic rings. The van der Waals surface area contributed by atoms with Gasteiger partial charge >= 0.3 is 0 Å². The van der Waals surface area contributed by atoms with Crippen LogP contribution in [-0.2, 0) is 19.2 Å². The molecular weight excluding hydrogens is 889 g/mol. The summed E-state index contributed by atoms with van der Waals surface area (Å²) in [5.74, 6) is 3.99. The molecule has 0 aromatic rings. The molecule has 8 nitrogen and oxygen atoms in total. The third-order valence-electron chi connectivity index (χ3n) is 18.3. The Morgan fingerprint density at radius 2 is 0.611 bits per heavy atom. The lowest BCUT2D eigenvalue weighted by atomic mass is 9.63. The number of nitrogens with one attached hydrogen (secondary N) is 4. The predicted molar refractivity (Wildman–Crippen MR) is 306 cm³/mol. The molecule has 420 valence electrons. The summed E-state index contributed by atoms with van der Waals surface area (Å²) >= 11 is 0. The molecule has 3 saturated carbocycles. The molecule has 3 fully saturated rings. The zero-order valence-corrected chi connectivity index (χ0v) is 49.0. The maximum Gasteiger partial charge on any atom is 0.225 e. The first-order valence-corrected chi connectivity index (χ1v) is 31.9. The molecule has 3 aliphatic carbocycles. The summed E-state index contributed by atoms with van der Waals surface area (Å²) in [7, 11) is 0. The topological polar surface area (TPSA) is 116 Å². The molecule has 0 radical (unpaired) electrons. The molecule has 4 amide bonds. The maximum absolute atomic E-state index is 13.3. The molecule has 4 N–H and O–H groups in total. The van der Waals surface area contributed by atoms with Gasteiger partial charge in [0.05, 0.1) is 0 Å². The van der Waals surface area contributed by atoms with Crippen LogP contribution in [0.5, 0.6) is 0 Å². The third-order valence-corrected chi connectivity index (χ3v) is 18.3. The number of carbonyl (C=O) groups is 4. The van der Waals surface area contributed by atoms with Gasteiger partial charge in [-0.25, -0.2) is 0 Å². The van der Waals surface area contributed by atoms with Crippen LogP contribution in [0.1, 0.15) is 325 Å². The number of rotatable bonds is 40. The van der Waals surface area contributed by atoms with E-state index in [-0.39, 0.29) is 58.6 Å². The van der Waals surface area contributed by atoms with Crippen LogP contribution in [0.2, 0.25) is 0 Å². The lowest BCUT2D eigenvalue weighted by molar-refractivity contribution is -0.132. The van der Waals surface area contributed by atoms with Crippen molar-refractivity contribution in [3.63, 3.8) is 0 Å². The van der Waals surface area contributed by atoms with Crippen molar-refractivity contribution in [2.75, 3.05) is 0 Å². The van der Waals surface area contributed by atoms with Gasteiger partial charge in [0.2, 0.25) is 23.6 Å². The zero-order valence-electron chi connectivity index (χ0n) is 49.0. The zero-order chi connectivity index (χ0) is 52.5. The molecule has 8 atom stereocenters. The van der Waals surface area contributed by atoms with Crippen molar-refractivity contribution in [3.8, 4) is 0 Å². The molecule has 0 aromatic heterocycles. The summed E-state index contributed by atoms with van der Waals surface area (Å²) in [5, 5.41) is 13.5. The van der Waals surface area contributed by atoms with Crippen LogP contribution in [0.25, 0.3) is 0 Å². The fraction of sp³-hybridized carbons (Fsp3) is 0.938. The van der Waals surface area contributed by atoms with Crippen molar-refractivity contribution in [3.05, 3.63) is 0 Å². The first-order chi connectivity index (χ1) is 34.7. The van der Waals surface area contributed by atoms with E-state index in [2.05, 4.69) is 76.7 Å². The molecule has 0 aromatic carbocycles. The molecule has 8 heteroatoms. The van der Waals surface area contributed by atoms with Crippen molar-refractivity contribution in [2.24, 2.45) is 34.5 Å². The van der Waals surface area contributed by atoms with E-state index in [0.717, 1.165) is 139 Å². The van der Waals surface area contributed by atoms with E-state index in [1.54, 1.807) is 0 Å². The van der Waals surface area contributed by atoms with Gasteiger partial charge in [-0.3, -0.25) is 19.2 Å². The van der Waals surface area contributed by atoms with Gasteiger partial charge in [-0.2, -0.15) is 0 Å². The highest BCUT2D eigenvalue weighted by Crippen LogP contribution is 2.46. The minimum Gasteiger partial charge on any atom is -0.351 e. The average Bonchev–Trinajstić information content (AvgIpc) is 3.36. The van der Waals surface area contributed by atoms with Gasteiger partial charge in [0, 0.05) is 47.8 Å². The lowest BCUT2D eigenvalue weighted by Gasteiger charge is -2.42. The normalized spacial score (nSPS) is 23.9. The highest BCUT2D eigenvalue weighted by molar-refractivity contribution is 5.83. The van der Waals surface area contributed by atoms with E-state index < -0.39 is 0 Å². The quantitative estimate of drug-likeness (QED) is 0.0458. The Morgan fingerprint density at radius 1 is 0.347 bits per heavy atom. The fourth-order valence-corrected chi connectivity index (χ4v) is 13.1. The number of amides is 4. The highest BCUT2D eigenvalue weighted by Gasteiger charge is 2.37. The second-order valence-corrected chi connectivity index (χ2v) is 25.6. The molecular formula is C64H120N4O4. The van der Waals surface area contributed by atoms with E-state index in [0.29, 0.717) is 12.8 Å². The van der Waals surface area contributed by atoms with E-state index in [1.807, 2.05) is 0 Å². The summed E-state index contributed by atoms with van der Waals surface area (Å²) in [6.07, 6.45) is 49.6. The monoisotopic (exact) mass is 1010 g/mol. The van der Waals surface area contributed by atoms with E-state index in [9.17, 15) is 19.2 Å². The predicted octanol–water partition coefficient (Wildman–Crippen LogP) is 16.9. The van der Waals surface area contributed by atoms with Crippen molar-refractivity contribution in [1.82, 2.24) is 21.3 Å². The molecule has 0 spiro atoms.